The molecule has 1 saturated heterocycles. The van der Waals surface area contributed by atoms with Crippen molar-refractivity contribution in [1.29, 1.82) is 5.26 Å². The summed E-state index contributed by atoms with van der Waals surface area (Å²) in [4.78, 5) is 19.7. The van der Waals surface area contributed by atoms with E-state index in [0.717, 1.165) is 40.5 Å². The molecule has 0 bridgehead atoms. The summed E-state index contributed by atoms with van der Waals surface area (Å²) in [6, 6.07) is 14.9. The van der Waals surface area contributed by atoms with Crippen molar-refractivity contribution in [2.75, 3.05) is 30.4 Å². The lowest BCUT2D eigenvalue weighted by Crippen LogP contribution is -2.40. The van der Waals surface area contributed by atoms with Crippen LogP contribution in [0.15, 0.2) is 42.5 Å². The van der Waals surface area contributed by atoms with Crippen molar-refractivity contribution in [3.63, 3.8) is 0 Å². The molecule has 1 atom stereocenters. The molecule has 7 heteroatoms. The number of hydrogen-bond donors (Lipinski definition) is 1. The second-order valence-corrected chi connectivity index (χ2v) is 7.80. The number of nitrogens with zero attached hydrogens (tertiary/aromatic N) is 3. The number of fused-ring (bicyclic) bond motifs is 1. The minimum absolute atomic E-state index is 0.0113. The fourth-order valence-electron chi connectivity index (χ4n) is 3.39. The first kappa shape index (κ1) is 18.3. The summed E-state index contributed by atoms with van der Waals surface area (Å²) in [7, 11) is 1.66. The molecule has 0 radical (unpaired) electrons. The topological polar surface area (TPSA) is 78.2 Å². The lowest BCUT2D eigenvalue weighted by Gasteiger charge is -2.31. The molecule has 6 nitrogen and oxygen atoms in total. The first-order valence-electron chi connectivity index (χ1n) is 9.17. The average molecular weight is 392 g/mol. The summed E-state index contributed by atoms with van der Waals surface area (Å²) in [6.07, 6.45) is 1.81. The number of piperidine rings is 1. The number of nitriles is 1. The zero-order chi connectivity index (χ0) is 19.5. The monoisotopic (exact) mass is 392 g/mol. The van der Waals surface area contributed by atoms with Gasteiger partial charge in [-0.15, -0.1) is 0 Å². The van der Waals surface area contributed by atoms with Gasteiger partial charge < -0.3 is 15.0 Å². The number of carbonyl (C=O) groups excluding carboxylic acids is 1. The van der Waals surface area contributed by atoms with Gasteiger partial charge in [0.05, 0.1) is 34.9 Å². The minimum Gasteiger partial charge on any atom is -0.497 e. The van der Waals surface area contributed by atoms with E-state index < -0.39 is 0 Å². The van der Waals surface area contributed by atoms with E-state index in [1.807, 2.05) is 18.2 Å². The van der Waals surface area contributed by atoms with Crippen LogP contribution in [0, 0.1) is 17.2 Å². The maximum Gasteiger partial charge on any atom is 0.229 e. The highest BCUT2D eigenvalue weighted by Gasteiger charge is 2.27. The maximum atomic E-state index is 12.7. The summed E-state index contributed by atoms with van der Waals surface area (Å²) in [6.45, 7) is 1.55. The lowest BCUT2D eigenvalue weighted by molar-refractivity contribution is -0.120. The highest BCUT2D eigenvalue weighted by molar-refractivity contribution is 7.22. The molecular weight excluding hydrogens is 372 g/mol. The first-order chi connectivity index (χ1) is 13.7. The molecule has 4 rings (SSSR count). The van der Waals surface area contributed by atoms with E-state index in [1.165, 1.54) is 0 Å². The number of amides is 1. The number of rotatable bonds is 4. The smallest absolute Gasteiger partial charge is 0.229 e. The van der Waals surface area contributed by atoms with Crippen molar-refractivity contribution in [2.24, 2.45) is 5.92 Å². The van der Waals surface area contributed by atoms with Crippen LogP contribution in [0.3, 0.4) is 0 Å². The van der Waals surface area contributed by atoms with Gasteiger partial charge in [0.25, 0.3) is 0 Å². The fraction of sp³-hybridized carbons (Fsp3) is 0.286. The van der Waals surface area contributed by atoms with Gasteiger partial charge in [0.15, 0.2) is 5.13 Å². The number of nitrogens with one attached hydrogen (secondary N) is 1. The summed E-state index contributed by atoms with van der Waals surface area (Å²) >= 11 is 1.63. The summed E-state index contributed by atoms with van der Waals surface area (Å²) in [5.74, 6) is 0.740. The molecule has 1 fully saturated rings. The van der Waals surface area contributed by atoms with Crippen molar-refractivity contribution < 1.29 is 9.53 Å². The Labute approximate surface area is 167 Å². The van der Waals surface area contributed by atoms with Crippen LogP contribution in [0.4, 0.5) is 10.8 Å². The molecular formula is C21H20N4O2S. The molecule has 28 heavy (non-hydrogen) atoms. The van der Waals surface area contributed by atoms with Gasteiger partial charge in [-0.1, -0.05) is 11.3 Å². The van der Waals surface area contributed by atoms with Gasteiger partial charge in [-0.3, -0.25) is 4.79 Å². The Hall–Kier alpha value is -3.11. The van der Waals surface area contributed by atoms with Crippen LogP contribution >= 0.6 is 11.3 Å². The standard InChI is InChI=1S/C21H20N4O2S/c1-27-17-8-9-18-19(11-17)28-21(24-18)25-10-2-3-15(13-25)20(26)23-16-6-4-14(12-22)5-7-16/h4-9,11,15H,2-3,10,13H2,1H3,(H,23,26). The normalized spacial score (nSPS) is 16.6. The predicted octanol–water partition coefficient (Wildman–Crippen LogP) is 4.03. The highest BCUT2D eigenvalue weighted by Crippen LogP contribution is 2.33. The van der Waals surface area contributed by atoms with Crippen LogP contribution in [-0.4, -0.2) is 31.1 Å². The van der Waals surface area contributed by atoms with Crippen molar-refractivity contribution in [3.8, 4) is 11.8 Å². The molecule has 0 spiro atoms. The SMILES string of the molecule is COc1ccc2nc(N3CCCC(C(=O)Nc4ccc(C#N)cc4)C3)sc2c1. The summed E-state index contributed by atoms with van der Waals surface area (Å²) in [5, 5.41) is 12.8. The zero-order valence-electron chi connectivity index (χ0n) is 15.5. The Morgan fingerprint density at radius 2 is 2.14 bits per heavy atom. The molecule has 1 N–H and O–H groups in total. The van der Waals surface area contributed by atoms with Crippen LogP contribution in [0.5, 0.6) is 5.75 Å². The van der Waals surface area contributed by atoms with Crippen LogP contribution < -0.4 is 15.0 Å². The molecule has 2 aromatic carbocycles. The molecule has 1 aromatic heterocycles. The van der Waals surface area contributed by atoms with Gasteiger partial charge in [0.2, 0.25) is 5.91 Å². The molecule has 3 aromatic rings. The molecule has 2 heterocycles. The number of hydrogen-bond acceptors (Lipinski definition) is 6. The van der Waals surface area contributed by atoms with Gasteiger partial charge in [-0.05, 0) is 55.3 Å². The summed E-state index contributed by atoms with van der Waals surface area (Å²) in [5.41, 5.74) is 2.24. The third-order valence-corrected chi connectivity index (χ3v) is 6.01. The van der Waals surface area contributed by atoms with Gasteiger partial charge in [-0.25, -0.2) is 4.98 Å². The number of thiazole rings is 1. The Morgan fingerprint density at radius 1 is 1.32 bits per heavy atom. The van der Waals surface area contributed by atoms with Crippen LogP contribution in [0.25, 0.3) is 10.2 Å². The van der Waals surface area contributed by atoms with Gasteiger partial charge in [0.1, 0.15) is 5.75 Å². The molecule has 1 aliphatic heterocycles. The molecule has 142 valence electrons. The lowest BCUT2D eigenvalue weighted by atomic mass is 9.97. The van der Waals surface area contributed by atoms with E-state index in [2.05, 4.69) is 16.3 Å². The fourth-order valence-corrected chi connectivity index (χ4v) is 4.42. The number of methoxy groups -OCH3 is 1. The first-order valence-corrected chi connectivity index (χ1v) is 9.98. The van der Waals surface area contributed by atoms with Crippen LogP contribution in [0.1, 0.15) is 18.4 Å². The minimum atomic E-state index is -0.0917. The van der Waals surface area contributed by atoms with Gasteiger partial charge in [-0.2, -0.15) is 5.26 Å². The predicted molar refractivity (Wildman–Crippen MR) is 111 cm³/mol. The van der Waals surface area contributed by atoms with E-state index in [-0.39, 0.29) is 11.8 Å². The third-order valence-electron chi connectivity index (χ3n) is 4.93. The van der Waals surface area contributed by atoms with Crippen LogP contribution in [-0.2, 0) is 4.79 Å². The van der Waals surface area contributed by atoms with E-state index >= 15 is 0 Å². The number of aromatic nitrogens is 1. The molecule has 1 unspecified atom stereocenters. The molecule has 0 aliphatic carbocycles. The zero-order valence-corrected chi connectivity index (χ0v) is 16.3. The van der Waals surface area contributed by atoms with E-state index in [4.69, 9.17) is 15.0 Å². The van der Waals surface area contributed by atoms with E-state index in [0.29, 0.717) is 17.8 Å². The van der Waals surface area contributed by atoms with Gasteiger partial charge in [0, 0.05) is 18.8 Å². The van der Waals surface area contributed by atoms with Crippen molar-refractivity contribution >= 4 is 38.3 Å². The highest BCUT2D eigenvalue weighted by atomic mass is 32.1. The molecule has 1 amide bonds. The Kier molecular flexibility index (Phi) is 5.13. The Bertz CT molecular complexity index is 1040. The molecule has 0 saturated carbocycles. The number of benzene rings is 2. The maximum absolute atomic E-state index is 12.7. The molecule has 1 aliphatic rings. The Morgan fingerprint density at radius 3 is 2.89 bits per heavy atom. The Balaban J connectivity index is 1.46. The second kappa shape index (κ2) is 7.87. The number of anilines is 2. The number of ether oxygens (including phenoxy) is 1. The van der Waals surface area contributed by atoms with Gasteiger partial charge >= 0.3 is 0 Å². The average Bonchev–Trinajstić information content (AvgIpc) is 3.17. The third kappa shape index (κ3) is 3.78. The second-order valence-electron chi connectivity index (χ2n) is 6.79. The van der Waals surface area contributed by atoms with E-state index in [1.54, 1.807) is 42.7 Å². The van der Waals surface area contributed by atoms with Crippen molar-refractivity contribution in [2.45, 2.75) is 12.8 Å². The van der Waals surface area contributed by atoms with Crippen molar-refractivity contribution in [1.82, 2.24) is 4.98 Å². The number of carbonyl (C=O) groups is 1. The van der Waals surface area contributed by atoms with Crippen molar-refractivity contribution in [3.05, 3.63) is 48.0 Å². The summed E-state index contributed by atoms with van der Waals surface area (Å²) < 4.78 is 6.37. The van der Waals surface area contributed by atoms with E-state index in [9.17, 15) is 4.79 Å². The van der Waals surface area contributed by atoms with Crippen LogP contribution in [0.2, 0.25) is 0 Å². The quantitative estimate of drug-likeness (QED) is 0.725. The largest absolute Gasteiger partial charge is 0.497 e.